The monoisotopic (exact) mass is 432 g/mol. The molecule has 31 heavy (non-hydrogen) atoms. The third kappa shape index (κ3) is 18.0. The van der Waals surface area contributed by atoms with Gasteiger partial charge in [0.2, 0.25) is 0 Å². The summed E-state index contributed by atoms with van der Waals surface area (Å²) in [6, 6.07) is 2.06. The van der Waals surface area contributed by atoms with Gasteiger partial charge in [-0.1, -0.05) is 131 Å². The minimum absolute atomic E-state index is 1.09. The van der Waals surface area contributed by atoms with Crippen LogP contribution in [0, 0.1) is 13.8 Å². The highest BCUT2D eigenvalue weighted by Gasteiger charge is 2.00. The van der Waals surface area contributed by atoms with E-state index >= 15 is 0 Å². The number of aryl methyl sites for hydroxylation is 2. The van der Waals surface area contributed by atoms with Gasteiger partial charge >= 0.3 is 0 Å². The summed E-state index contributed by atoms with van der Waals surface area (Å²) in [5.74, 6) is 0. The molecule has 0 unspecified atom stereocenters. The first-order chi connectivity index (χ1) is 15.1. The number of nitrogens with zero attached hydrogens (tertiary/aromatic N) is 1. The van der Waals surface area contributed by atoms with Crippen molar-refractivity contribution in [3.05, 3.63) is 29.7 Å². The molecule has 2 heterocycles. The van der Waals surface area contributed by atoms with E-state index in [1.807, 2.05) is 33.2 Å². The van der Waals surface area contributed by atoms with Crippen molar-refractivity contribution < 1.29 is 0 Å². The quantitative estimate of drug-likeness (QED) is 0.332. The number of unbranched alkanes of at least 4 members (excludes halogenated alkanes) is 12. The van der Waals surface area contributed by atoms with Crippen molar-refractivity contribution >= 4 is 10.9 Å². The van der Waals surface area contributed by atoms with Crippen LogP contribution in [-0.2, 0) is 0 Å². The van der Waals surface area contributed by atoms with E-state index in [4.69, 9.17) is 0 Å². The molecule has 1 N–H and O–H groups in total. The lowest BCUT2D eigenvalue weighted by Crippen LogP contribution is -1.84. The summed E-state index contributed by atoms with van der Waals surface area (Å²) in [4.78, 5) is 7.45. The number of nitrogens with one attached hydrogen (secondary N) is 1. The molecule has 0 aliphatic heterocycles. The predicted molar refractivity (Wildman–Crippen MR) is 144 cm³/mol. The molecule has 2 aromatic rings. The molecular weight excluding hydrogens is 376 g/mol. The Labute approximate surface area is 196 Å². The molecule has 0 spiro atoms. The van der Waals surface area contributed by atoms with E-state index in [-0.39, 0.29) is 0 Å². The van der Waals surface area contributed by atoms with Gasteiger partial charge in [-0.05, 0) is 25.5 Å². The van der Waals surface area contributed by atoms with Gasteiger partial charge in [-0.25, -0.2) is 0 Å². The molecule has 2 nitrogen and oxygen atoms in total. The fourth-order valence-corrected chi connectivity index (χ4v) is 3.39. The van der Waals surface area contributed by atoms with Crippen molar-refractivity contribution in [1.29, 1.82) is 0 Å². The number of hydrogen-bond acceptors (Lipinski definition) is 1. The first-order valence-corrected chi connectivity index (χ1v) is 13.5. The molecule has 0 atom stereocenters. The van der Waals surface area contributed by atoms with E-state index < -0.39 is 0 Å². The van der Waals surface area contributed by atoms with Crippen molar-refractivity contribution in [3.8, 4) is 0 Å². The smallest absolute Gasteiger partial charge is 0.0517 e. The summed E-state index contributed by atoms with van der Waals surface area (Å²) >= 11 is 0. The van der Waals surface area contributed by atoms with E-state index in [0.717, 1.165) is 5.69 Å². The van der Waals surface area contributed by atoms with Crippen LogP contribution in [-0.4, -0.2) is 9.97 Å². The molecule has 2 aromatic heterocycles. The van der Waals surface area contributed by atoms with E-state index in [1.54, 1.807) is 0 Å². The molecule has 0 saturated heterocycles. The molecule has 182 valence electrons. The average molecular weight is 433 g/mol. The van der Waals surface area contributed by atoms with Gasteiger partial charge < -0.3 is 4.98 Å². The summed E-state index contributed by atoms with van der Waals surface area (Å²) in [6.07, 6.45) is 23.8. The van der Waals surface area contributed by atoms with E-state index in [0.29, 0.717) is 0 Å². The van der Waals surface area contributed by atoms with Crippen LogP contribution < -0.4 is 0 Å². The van der Waals surface area contributed by atoms with E-state index in [9.17, 15) is 0 Å². The van der Waals surface area contributed by atoms with Gasteiger partial charge in [0, 0.05) is 23.5 Å². The maximum atomic E-state index is 4.26. The Hall–Kier alpha value is -1.31. The number of H-pyrrole nitrogens is 1. The summed E-state index contributed by atoms with van der Waals surface area (Å²) in [7, 11) is 0. The van der Waals surface area contributed by atoms with E-state index in [1.165, 1.54) is 106 Å². The summed E-state index contributed by atoms with van der Waals surface area (Å²) in [5, 5.41) is 1.23. The van der Waals surface area contributed by atoms with Crippen molar-refractivity contribution in [3.63, 3.8) is 0 Å². The number of aromatic amines is 1. The van der Waals surface area contributed by atoms with Crippen LogP contribution >= 0.6 is 0 Å². The normalized spacial score (nSPS) is 9.81. The zero-order chi connectivity index (χ0) is 23.7. The molecule has 0 aromatic carbocycles. The molecular formula is C29H56N2. The lowest BCUT2D eigenvalue weighted by Gasteiger charge is -1.97. The number of fused-ring (bicyclic) bond motifs is 1. The number of rotatable bonds is 12. The molecule has 0 radical (unpaired) electrons. The number of aromatic nitrogens is 2. The minimum Gasteiger partial charge on any atom is -0.361 e. The van der Waals surface area contributed by atoms with Crippen LogP contribution in [0.4, 0.5) is 0 Å². The SMILES string of the molecule is CC.CCCCCCCC.CCCCCCCCCC.Cc1ncc(C)c2[nH]ccc12. The lowest BCUT2D eigenvalue weighted by atomic mass is 10.1. The molecule has 0 saturated carbocycles. The van der Waals surface area contributed by atoms with Gasteiger partial charge in [0.25, 0.3) is 0 Å². The largest absolute Gasteiger partial charge is 0.361 e. The molecule has 0 aliphatic rings. The zero-order valence-corrected chi connectivity index (χ0v) is 22.6. The Morgan fingerprint density at radius 2 is 1.03 bits per heavy atom. The second-order valence-electron chi connectivity index (χ2n) is 8.33. The second kappa shape index (κ2) is 25.0. The fraction of sp³-hybridized carbons (Fsp3) is 0.759. The van der Waals surface area contributed by atoms with Gasteiger partial charge in [0.1, 0.15) is 0 Å². The maximum Gasteiger partial charge on any atom is 0.0517 e. The van der Waals surface area contributed by atoms with E-state index in [2.05, 4.69) is 50.7 Å². The highest BCUT2D eigenvalue weighted by molar-refractivity contribution is 5.83. The van der Waals surface area contributed by atoms with Crippen LogP contribution in [0.2, 0.25) is 0 Å². The second-order valence-corrected chi connectivity index (χ2v) is 8.33. The maximum absolute atomic E-state index is 4.26. The molecule has 2 heteroatoms. The molecule has 0 fully saturated rings. The highest BCUT2D eigenvalue weighted by atomic mass is 14.7. The molecule has 0 bridgehead atoms. The molecule has 2 rings (SSSR count). The first kappa shape index (κ1) is 31.9. The van der Waals surface area contributed by atoms with Crippen molar-refractivity contribution in [2.45, 2.75) is 145 Å². The lowest BCUT2D eigenvalue weighted by molar-refractivity contribution is 0.585. The standard InChI is InChI=1S/C10H22.C9H10N2.C8H18.C2H6/c1-3-5-7-9-10-8-6-4-2;1-6-5-11-7(2)8-3-4-10-9(6)8;1-3-5-7-8-6-4-2;1-2/h3-10H2,1-2H3;3-5,10H,1-2H3;3-8H2,1-2H3;1-2H3. The minimum atomic E-state index is 1.09. The topological polar surface area (TPSA) is 28.7 Å². The van der Waals surface area contributed by atoms with Crippen LogP contribution in [0.3, 0.4) is 0 Å². The van der Waals surface area contributed by atoms with Crippen LogP contribution in [0.5, 0.6) is 0 Å². The molecule has 0 aliphatic carbocycles. The highest BCUT2D eigenvalue weighted by Crippen LogP contribution is 2.17. The zero-order valence-electron chi connectivity index (χ0n) is 22.6. The van der Waals surface area contributed by atoms with Crippen molar-refractivity contribution in [1.82, 2.24) is 9.97 Å². The average Bonchev–Trinajstić information content (AvgIpc) is 3.30. The van der Waals surface area contributed by atoms with Crippen molar-refractivity contribution in [2.75, 3.05) is 0 Å². The van der Waals surface area contributed by atoms with Gasteiger partial charge in [0.15, 0.2) is 0 Å². The Balaban J connectivity index is 0. The van der Waals surface area contributed by atoms with Crippen LogP contribution in [0.1, 0.15) is 143 Å². The summed E-state index contributed by atoms with van der Waals surface area (Å²) < 4.78 is 0. The predicted octanol–water partition coefficient (Wildman–Crippen LogP) is 10.7. The third-order valence-corrected chi connectivity index (χ3v) is 5.40. The number of hydrogen-bond donors (Lipinski definition) is 1. The van der Waals surface area contributed by atoms with Crippen molar-refractivity contribution in [2.24, 2.45) is 0 Å². The summed E-state index contributed by atoms with van der Waals surface area (Å²) in [6.45, 7) is 17.1. The molecule has 0 amide bonds. The van der Waals surface area contributed by atoms with Gasteiger partial charge in [0.05, 0.1) is 5.52 Å². The fourth-order valence-electron chi connectivity index (χ4n) is 3.39. The number of pyridine rings is 1. The Kier molecular flexibility index (Phi) is 25.7. The van der Waals surface area contributed by atoms with Crippen LogP contribution in [0.25, 0.3) is 10.9 Å². The Morgan fingerprint density at radius 3 is 1.39 bits per heavy atom. The van der Waals surface area contributed by atoms with Gasteiger partial charge in [-0.2, -0.15) is 0 Å². The first-order valence-electron chi connectivity index (χ1n) is 13.5. The third-order valence-electron chi connectivity index (χ3n) is 5.40. The summed E-state index contributed by atoms with van der Waals surface area (Å²) in [5.41, 5.74) is 3.50. The Bertz CT molecular complexity index is 535. The Morgan fingerprint density at radius 1 is 0.645 bits per heavy atom. The van der Waals surface area contributed by atoms with Gasteiger partial charge in [-0.3, -0.25) is 4.98 Å². The van der Waals surface area contributed by atoms with Gasteiger partial charge in [-0.15, -0.1) is 0 Å². The van der Waals surface area contributed by atoms with Crippen LogP contribution in [0.15, 0.2) is 18.5 Å².